The number of rotatable bonds is 5. The van der Waals surface area contributed by atoms with Crippen LogP contribution in [0, 0.1) is 23.6 Å². The summed E-state index contributed by atoms with van der Waals surface area (Å²) < 4.78 is 13.9. The molecule has 4 aliphatic rings. The van der Waals surface area contributed by atoms with Crippen molar-refractivity contribution in [1.82, 2.24) is 10.2 Å². The van der Waals surface area contributed by atoms with E-state index in [-0.39, 0.29) is 23.3 Å². The van der Waals surface area contributed by atoms with Crippen LogP contribution in [-0.2, 0) is 11.3 Å². The molecule has 1 unspecified atom stereocenters. The molecular weight excluding hydrogens is 315 g/mol. The lowest BCUT2D eigenvalue weighted by molar-refractivity contribution is -0.131. The molecule has 1 aromatic rings. The van der Waals surface area contributed by atoms with Crippen LogP contribution in [0.5, 0.6) is 0 Å². The summed E-state index contributed by atoms with van der Waals surface area (Å²) in [7, 11) is 1.90. The van der Waals surface area contributed by atoms with Gasteiger partial charge < -0.3 is 5.32 Å². The van der Waals surface area contributed by atoms with Gasteiger partial charge in [-0.05, 0) is 76.3 Å². The third kappa shape index (κ3) is 3.33. The molecule has 1 aromatic carbocycles. The second-order valence-corrected chi connectivity index (χ2v) is 8.87. The third-order valence-electron chi connectivity index (χ3n) is 6.84. The average molecular weight is 344 g/mol. The van der Waals surface area contributed by atoms with Gasteiger partial charge in [0.15, 0.2) is 0 Å². The van der Waals surface area contributed by atoms with Gasteiger partial charge in [0.1, 0.15) is 5.82 Å². The van der Waals surface area contributed by atoms with Gasteiger partial charge >= 0.3 is 0 Å². The van der Waals surface area contributed by atoms with E-state index in [4.69, 9.17) is 0 Å². The Morgan fingerprint density at radius 2 is 1.76 bits per heavy atom. The van der Waals surface area contributed by atoms with Crippen LogP contribution >= 0.6 is 0 Å². The molecule has 4 bridgehead atoms. The summed E-state index contributed by atoms with van der Waals surface area (Å²) in [5.41, 5.74) is 0.679. The first kappa shape index (κ1) is 17.0. The Hall–Kier alpha value is -1.42. The van der Waals surface area contributed by atoms with Crippen molar-refractivity contribution in [2.24, 2.45) is 17.8 Å². The molecule has 0 aliphatic heterocycles. The van der Waals surface area contributed by atoms with E-state index in [0.717, 1.165) is 37.0 Å². The second kappa shape index (κ2) is 6.39. The fourth-order valence-electron chi connectivity index (χ4n) is 5.86. The Morgan fingerprint density at radius 3 is 2.32 bits per heavy atom. The number of carbonyl (C=O) groups excluding carboxylic acids is 1. The van der Waals surface area contributed by atoms with Crippen molar-refractivity contribution < 1.29 is 9.18 Å². The predicted octanol–water partition coefficient (Wildman–Crippen LogP) is 3.73. The van der Waals surface area contributed by atoms with Gasteiger partial charge in [-0.15, -0.1) is 0 Å². The lowest BCUT2D eigenvalue weighted by atomic mass is 9.53. The largest absolute Gasteiger partial charge is 0.349 e. The van der Waals surface area contributed by atoms with Crippen LogP contribution in [0.15, 0.2) is 24.3 Å². The minimum Gasteiger partial charge on any atom is -0.349 e. The topological polar surface area (TPSA) is 32.3 Å². The molecule has 4 heteroatoms. The van der Waals surface area contributed by atoms with Gasteiger partial charge in [-0.2, -0.15) is 0 Å². The summed E-state index contributed by atoms with van der Waals surface area (Å²) in [5, 5.41) is 3.43. The van der Waals surface area contributed by atoms with Crippen LogP contribution < -0.4 is 5.32 Å². The molecule has 136 valence electrons. The lowest BCUT2D eigenvalue weighted by Gasteiger charge is -2.57. The van der Waals surface area contributed by atoms with Crippen LogP contribution in [0.4, 0.5) is 4.39 Å². The number of likely N-dealkylation sites (N-methyl/N-ethyl adjacent to an activating group) is 1. The molecule has 4 fully saturated rings. The van der Waals surface area contributed by atoms with Gasteiger partial charge in [-0.3, -0.25) is 9.69 Å². The van der Waals surface area contributed by atoms with Crippen LogP contribution in [0.25, 0.3) is 0 Å². The van der Waals surface area contributed by atoms with E-state index in [1.54, 1.807) is 12.1 Å². The van der Waals surface area contributed by atoms with Crippen molar-refractivity contribution in [2.45, 2.75) is 63.6 Å². The van der Waals surface area contributed by atoms with E-state index < -0.39 is 0 Å². The van der Waals surface area contributed by atoms with Crippen molar-refractivity contribution in [3.8, 4) is 0 Å². The van der Waals surface area contributed by atoms with Gasteiger partial charge in [0.2, 0.25) is 5.91 Å². The highest BCUT2D eigenvalue weighted by molar-refractivity contribution is 5.82. The lowest BCUT2D eigenvalue weighted by Crippen LogP contribution is -2.62. The van der Waals surface area contributed by atoms with Crippen LogP contribution in [0.2, 0.25) is 0 Å². The van der Waals surface area contributed by atoms with Crippen molar-refractivity contribution in [3.05, 3.63) is 35.6 Å². The molecule has 0 saturated heterocycles. The van der Waals surface area contributed by atoms with Gasteiger partial charge in [0, 0.05) is 17.6 Å². The summed E-state index contributed by atoms with van der Waals surface area (Å²) in [6.07, 6.45) is 7.60. The quantitative estimate of drug-likeness (QED) is 0.883. The zero-order valence-electron chi connectivity index (χ0n) is 15.3. The zero-order chi connectivity index (χ0) is 17.6. The molecule has 0 aromatic heterocycles. The van der Waals surface area contributed by atoms with Crippen molar-refractivity contribution in [1.29, 1.82) is 0 Å². The molecule has 4 aliphatic carbocycles. The molecule has 1 amide bonds. The molecule has 3 nitrogen and oxygen atoms in total. The third-order valence-corrected chi connectivity index (χ3v) is 6.84. The van der Waals surface area contributed by atoms with Crippen LogP contribution in [0.3, 0.4) is 0 Å². The molecule has 1 N–H and O–H groups in total. The highest BCUT2D eigenvalue weighted by atomic mass is 19.1. The van der Waals surface area contributed by atoms with E-state index in [2.05, 4.69) is 5.32 Å². The van der Waals surface area contributed by atoms with E-state index >= 15 is 0 Å². The fourth-order valence-corrected chi connectivity index (χ4v) is 5.86. The highest BCUT2D eigenvalue weighted by Gasteiger charge is 2.51. The minimum atomic E-state index is -0.257. The second-order valence-electron chi connectivity index (χ2n) is 8.87. The molecule has 25 heavy (non-hydrogen) atoms. The number of hydrogen-bond acceptors (Lipinski definition) is 2. The summed E-state index contributed by atoms with van der Waals surface area (Å²) in [6, 6.07) is 6.54. The first-order valence-electron chi connectivity index (χ1n) is 9.70. The number of amides is 1. The predicted molar refractivity (Wildman–Crippen MR) is 96.4 cm³/mol. The number of hydrogen-bond donors (Lipinski definition) is 1. The maximum absolute atomic E-state index is 13.9. The van der Waals surface area contributed by atoms with Crippen LogP contribution in [0.1, 0.15) is 51.0 Å². The number of benzene rings is 1. The Balaban J connectivity index is 1.40. The van der Waals surface area contributed by atoms with E-state index in [0.29, 0.717) is 12.1 Å². The molecule has 4 saturated carbocycles. The van der Waals surface area contributed by atoms with Gasteiger partial charge in [0.25, 0.3) is 0 Å². The fraction of sp³-hybridized carbons (Fsp3) is 0.667. The minimum absolute atomic E-state index is 0.0406. The van der Waals surface area contributed by atoms with Gasteiger partial charge in [0.05, 0.1) is 6.04 Å². The normalized spacial score (nSPS) is 34.3. The summed E-state index contributed by atoms with van der Waals surface area (Å²) in [6.45, 7) is 2.37. The van der Waals surface area contributed by atoms with E-state index in [9.17, 15) is 9.18 Å². The molecule has 0 heterocycles. The van der Waals surface area contributed by atoms with Crippen molar-refractivity contribution in [3.63, 3.8) is 0 Å². The Bertz CT molecular complexity index is 624. The summed E-state index contributed by atoms with van der Waals surface area (Å²) in [5.74, 6) is 2.35. The monoisotopic (exact) mass is 344 g/mol. The van der Waals surface area contributed by atoms with Gasteiger partial charge in [-0.1, -0.05) is 18.2 Å². The summed E-state index contributed by atoms with van der Waals surface area (Å²) in [4.78, 5) is 14.8. The molecule has 0 radical (unpaired) electrons. The van der Waals surface area contributed by atoms with Crippen molar-refractivity contribution in [2.75, 3.05) is 7.05 Å². The number of halogens is 1. The number of carbonyl (C=O) groups is 1. The molecular formula is C21H29FN2O. The molecule has 0 spiro atoms. The zero-order valence-corrected chi connectivity index (χ0v) is 15.3. The smallest absolute Gasteiger partial charge is 0.237 e. The Kier molecular flexibility index (Phi) is 4.35. The van der Waals surface area contributed by atoms with Gasteiger partial charge in [-0.25, -0.2) is 4.39 Å². The van der Waals surface area contributed by atoms with E-state index in [1.165, 1.54) is 25.3 Å². The first-order chi connectivity index (χ1) is 11.9. The highest BCUT2D eigenvalue weighted by Crippen LogP contribution is 2.55. The Morgan fingerprint density at radius 1 is 1.20 bits per heavy atom. The number of nitrogens with zero attached hydrogens (tertiary/aromatic N) is 1. The first-order valence-corrected chi connectivity index (χ1v) is 9.70. The maximum Gasteiger partial charge on any atom is 0.237 e. The van der Waals surface area contributed by atoms with Crippen LogP contribution in [-0.4, -0.2) is 29.4 Å². The average Bonchev–Trinajstić information content (AvgIpc) is 2.54. The molecule has 5 rings (SSSR count). The van der Waals surface area contributed by atoms with E-state index in [1.807, 2.05) is 24.9 Å². The molecule has 1 atom stereocenters. The maximum atomic E-state index is 13.9. The SMILES string of the molecule is CC(C(=O)NC12CC3CC(CC(C3)C1)C2)N(C)Cc1ccccc1F. The Labute approximate surface area is 150 Å². The summed E-state index contributed by atoms with van der Waals surface area (Å²) >= 11 is 0. The number of nitrogens with one attached hydrogen (secondary N) is 1. The van der Waals surface area contributed by atoms with Crippen molar-refractivity contribution >= 4 is 5.91 Å². The standard InChI is InChI=1S/C21H29FN2O/c1-14(24(2)13-18-5-3-4-6-19(18)22)20(25)23-21-10-15-7-16(11-21)9-17(8-15)12-21/h3-6,14-17H,7-13H2,1-2H3,(H,23,25).